The topological polar surface area (TPSA) is 63.0 Å². The minimum absolute atomic E-state index is 0.888. The maximum absolute atomic E-state index is 4.48. The van der Waals surface area contributed by atoms with Gasteiger partial charge in [0.2, 0.25) is 0 Å². The number of hydrogen-bond donors (Lipinski definition) is 0. The lowest BCUT2D eigenvalue weighted by Gasteiger charge is -2.34. The number of nitrogens with zero attached hydrogens (tertiary/aromatic N) is 7. The molecular weight excluding hydrogens is 350 g/mol. The molecule has 4 heterocycles. The predicted octanol–water partition coefficient (Wildman–Crippen LogP) is 2.31. The lowest BCUT2D eigenvalue weighted by Crippen LogP contribution is -2.46. The van der Waals surface area contributed by atoms with Crippen LogP contribution in [0.5, 0.6) is 0 Å². The first-order chi connectivity index (χ1) is 13.8. The lowest BCUT2D eigenvalue weighted by atomic mass is 10.1. The van der Waals surface area contributed by atoms with Crippen molar-refractivity contribution < 1.29 is 0 Å². The molecule has 0 N–H and O–H groups in total. The highest BCUT2D eigenvalue weighted by Crippen LogP contribution is 2.21. The molecule has 0 spiro atoms. The zero-order valence-corrected chi connectivity index (χ0v) is 16.3. The molecule has 0 bridgehead atoms. The maximum atomic E-state index is 4.48. The molecule has 0 unspecified atom stereocenters. The van der Waals surface area contributed by atoms with Crippen LogP contribution in [0.3, 0.4) is 0 Å². The van der Waals surface area contributed by atoms with Crippen molar-refractivity contribution in [3.63, 3.8) is 0 Å². The molecule has 7 nitrogen and oxygen atoms in total. The Hall–Kier alpha value is -2.80. The Labute approximate surface area is 165 Å². The molecular formula is C21H25N7. The molecule has 2 aliphatic heterocycles. The summed E-state index contributed by atoms with van der Waals surface area (Å²) in [7, 11) is 0. The molecule has 1 fully saturated rings. The van der Waals surface area contributed by atoms with Crippen LogP contribution in [0, 0.1) is 6.92 Å². The van der Waals surface area contributed by atoms with Gasteiger partial charge < -0.3 is 9.47 Å². The van der Waals surface area contributed by atoms with E-state index in [2.05, 4.69) is 78.1 Å². The van der Waals surface area contributed by atoms with Crippen LogP contribution < -0.4 is 4.90 Å². The molecule has 3 aromatic rings. The number of piperazine rings is 1. The fourth-order valence-corrected chi connectivity index (χ4v) is 4.03. The van der Waals surface area contributed by atoms with E-state index in [1.54, 1.807) is 0 Å². The quantitative estimate of drug-likeness (QED) is 0.697. The number of rotatable bonds is 4. The molecule has 0 atom stereocenters. The van der Waals surface area contributed by atoms with Crippen LogP contribution in [0.4, 0.5) is 5.82 Å². The number of aryl methyl sites for hydroxylation is 2. The Morgan fingerprint density at radius 2 is 1.64 bits per heavy atom. The van der Waals surface area contributed by atoms with E-state index in [0.717, 1.165) is 74.4 Å². The van der Waals surface area contributed by atoms with Gasteiger partial charge >= 0.3 is 0 Å². The van der Waals surface area contributed by atoms with Crippen LogP contribution in [-0.4, -0.2) is 56.0 Å². The molecule has 0 saturated carbocycles. The van der Waals surface area contributed by atoms with Crippen LogP contribution in [0.2, 0.25) is 0 Å². The average Bonchev–Trinajstić information content (AvgIpc) is 3.35. The second-order valence-electron chi connectivity index (χ2n) is 7.69. The van der Waals surface area contributed by atoms with E-state index >= 15 is 0 Å². The smallest absolute Gasteiger partial charge is 0.151 e. The van der Waals surface area contributed by atoms with Gasteiger partial charge in [-0.05, 0) is 25.5 Å². The van der Waals surface area contributed by atoms with Crippen molar-refractivity contribution in [1.29, 1.82) is 0 Å². The summed E-state index contributed by atoms with van der Waals surface area (Å²) < 4.78 is 2.29. The van der Waals surface area contributed by atoms with E-state index in [0.29, 0.717) is 0 Å². The van der Waals surface area contributed by atoms with Gasteiger partial charge in [0, 0.05) is 44.7 Å². The maximum Gasteiger partial charge on any atom is 0.151 e. The van der Waals surface area contributed by atoms with E-state index in [1.165, 1.54) is 12.0 Å². The van der Waals surface area contributed by atoms with E-state index < -0.39 is 0 Å². The molecule has 2 aromatic heterocycles. The first-order valence-electron chi connectivity index (χ1n) is 10.1. The van der Waals surface area contributed by atoms with Gasteiger partial charge in [0.15, 0.2) is 5.82 Å². The standard InChI is InChI=1S/C21H25N7/c1-16-4-6-17(7-5-16)18-8-9-19(23-22-18)27-13-11-26(12-14-27)15-21-25-24-20-3-2-10-28(20)21/h4-9H,2-3,10-15H2,1H3. The summed E-state index contributed by atoms with van der Waals surface area (Å²) in [5.74, 6) is 3.22. The van der Waals surface area contributed by atoms with Gasteiger partial charge in [-0.2, -0.15) is 0 Å². The van der Waals surface area contributed by atoms with Crippen molar-refractivity contribution in [3.05, 3.63) is 53.6 Å². The zero-order valence-electron chi connectivity index (χ0n) is 16.3. The van der Waals surface area contributed by atoms with Gasteiger partial charge in [0.05, 0.1) is 12.2 Å². The first-order valence-corrected chi connectivity index (χ1v) is 10.1. The van der Waals surface area contributed by atoms with E-state index in [9.17, 15) is 0 Å². The summed E-state index contributed by atoms with van der Waals surface area (Å²) >= 11 is 0. The second-order valence-corrected chi connectivity index (χ2v) is 7.69. The molecule has 1 saturated heterocycles. The number of aromatic nitrogens is 5. The van der Waals surface area contributed by atoms with Crippen LogP contribution in [0.15, 0.2) is 36.4 Å². The van der Waals surface area contributed by atoms with Crippen LogP contribution in [-0.2, 0) is 19.5 Å². The monoisotopic (exact) mass is 375 g/mol. The average molecular weight is 375 g/mol. The normalized spacial score (nSPS) is 17.1. The molecule has 0 amide bonds. The summed E-state index contributed by atoms with van der Waals surface area (Å²) in [6, 6.07) is 12.6. The molecule has 0 aliphatic carbocycles. The largest absolute Gasteiger partial charge is 0.353 e. The van der Waals surface area contributed by atoms with Crippen LogP contribution >= 0.6 is 0 Å². The molecule has 1 aromatic carbocycles. The van der Waals surface area contributed by atoms with Gasteiger partial charge in [-0.15, -0.1) is 20.4 Å². The highest BCUT2D eigenvalue weighted by atomic mass is 15.3. The Bertz CT molecular complexity index is 938. The summed E-state index contributed by atoms with van der Waals surface area (Å²) in [5, 5.41) is 17.6. The van der Waals surface area contributed by atoms with Gasteiger partial charge in [-0.25, -0.2) is 0 Å². The van der Waals surface area contributed by atoms with Crippen molar-refractivity contribution in [2.24, 2.45) is 0 Å². The predicted molar refractivity (Wildman–Crippen MR) is 108 cm³/mol. The Balaban J connectivity index is 1.20. The lowest BCUT2D eigenvalue weighted by molar-refractivity contribution is 0.240. The van der Waals surface area contributed by atoms with Gasteiger partial charge in [0.1, 0.15) is 11.6 Å². The third-order valence-electron chi connectivity index (χ3n) is 5.75. The van der Waals surface area contributed by atoms with E-state index in [4.69, 9.17) is 0 Å². The highest BCUT2D eigenvalue weighted by molar-refractivity contribution is 5.60. The SMILES string of the molecule is Cc1ccc(-c2ccc(N3CCN(Cc4nnc5n4CCC5)CC3)nn2)cc1. The number of benzene rings is 1. The van der Waals surface area contributed by atoms with Crippen molar-refractivity contribution in [2.75, 3.05) is 31.1 Å². The number of anilines is 1. The van der Waals surface area contributed by atoms with Crippen molar-refractivity contribution in [2.45, 2.75) is 32.9 Å². The van der Waals surface area contributed by atoms with Gasteiger partial charge in [0.25, 0.3) is 0 Å². The van der Waals surface area contributed by atoms with Gasteiger partial charge in [-0.1, -0.05) is 29.8 Å². The summed E-state index contributed by atoms with van der Waals surface area (Å²) in [6.07, 6.45) is 2.26. The third-order valence-corrected chi connectivity index (χ3v) is 5.75. The molecule has 0 radical (unpaired) electrons. The Morgan fingerprint density at radius 1 is 0.821 bits per heavy atom. The van der Waals surface area contributed by atoms with Gasteiger partial charge in [-0.3, -0.25) is 4.90 Å². The summed E-state index contributed by atoms with van der Waals surface area (Å²) in [6.45, 7) is 7.97. The Morgan fingerprint density at radius 3 is 2.39 bits per heavy atom. The minimum Gasteiger partial charge on any atom is -0.353 e. The fraction of sp³-hybridized carbons (Fsp3) is 0.429. The molecule has 7 heteroatoms. The summed E-state index contributed by atoms with van der Waals surface area (Å²) in [5.41, 5.74) is 3.28. The molecule has 144 valence electrons. The van der Waals surface area contributed by atoms with E-state index in [-0.39, 0.29) is 0 Å². The Kier molecular flexibility index (Phi) is 4.52. The minimum atomic E-state index is 0.888. The zero-order chi connectivity index (χ0) is 18.9. The third kappa shape index (κ3) is 3.38. The van der Waals surface area contributed by atoms with E-state index in [1.807, 2.05) is 0 Å². The highest BCUT2D eigenvalue weighted by Gasteiger charge is 2.22. The second kappa shape index (κ2) is 7.31. The molecule has 2 aliphatic rings. The fourth-order valence-electron chi connectivity index (χ4n) is 4.03. The van der Waals surface area contributed by atoms with Crippen molar-refractivity contribution in [3.8, 4) is 11.3 Å². The first kappa shape index (κ1) is 17.3. The molecule has 28 heavy (non-hydrogen) atoms. The molecule has 5 rings (SSSR count). The van der Waals surface area contributed by atoms with Crippen LogP contribution in [0.25, 0.3) is 11.3 Å². The number of hydrogen-bond acceptors (Lipinski definition) is 6. The van der Waals surface area contributed by atoms with Crippen molar-refractivity contribution in [1.82, 2.24) is 29.9 Å². The van der Waals surface area contributed by atoms with Crippen molar-refractivity contribution >= 4 is 5.82 Å². The summed E-state index contributed by atoms with van der Waals surface area (Å²) in [4.78, 5) is 4.77. The number of fused-ring (bicyclic) bond motifs is 1. The van der Waals surface area contributed by atoms with Crippen LogP contribution in [0.1, 0.15) is 23.6 Å².